The van der Waals surface area contributed by atoms with Gasteiger partial charge in [-0.3, -0.25) is 4.99 Å². The highest BCUT2D eigenvalue weighted by molar-refractivity contribution is 14.1. The van der Waals surface area contributed by atoms with Crippen LogP contribution in [0.5, 0.6) is 0 Å². The summed E-state index contributed by atoms with van der Waals surface area (Å²) in [7, 11) is 0. The number of H-pyrrole nitrogens is 1. The van der Waals surface area contributed by atoms with Crippen molar-refractivity contribution in [1.82, 2.24) is 4.98 Å². The van der Waals surface area contributed by atoms with E-state index in [1.807, 2.05) is 30.6 Å². The van der Waals surface area contributed by atoms with Gasteiger partial charge in [0.2, 0.25) is 0 Å². The van der Waals surface area contributed by atoms with Crippen molar-refractivity contribution in [3.63, 3.8) is 0 Å². The molecule has 3 aromatic rings. The Labute approximate surface area is 125 Å². The van der Waals surface area contributed by atoms with Gasteiger partial charge in [-0.05, 0) is 53.3 Å². The van der Waals surface area contributed by atoms with Gasteiger partial charge in [0.15, 0.2) is 0 Å². The Balaban J connectivity index is 1.96. The summed E-state index contributed by atoms with van der Waals surface area (Å²) >= 11 is 2.34. The zero-order valence-electron chi connectivity index (χ0n) is 10.5. The molecule has 1 N–H and O–H groups in total. The van der Waals surface area contributed by atoms with Crippen molar-refractivity contribution < 1.29 is 0 Å². The summed E-state index contributed by atoms with van der Waals surface area (Å²) in [6, 6.07) is 14.5. The first-order valence-electron chi connectivity index (χ1n) is 6.10. The van der Waals surface area contributed by atoms with Crippen LogP contribution in [-0.2, 0) is 0 Å². The van der Waals surface area contributed by atoms with Gasteiger partial charge in [-0.25, -0.2) is 0 Å². The first-order valence-corrected chi connectivity index (χ1v) is 7.18. The Morgan fingerprint density at radius 2 is 2.00 bits per heavy atom. The van der Waals surface area contributed by atoms with Gasteiger partial charge in [-0.15, -0.1) is 0 Å². The number of rotatable bonds is 2. The molecule has 0 radical (unpaired) electrons. The molecule has 3 rings (SSSR count). The molecule has 0 aliphatic carbocycles. The van der Waals surface area contributed by atoms with Gasteiger partial charge >= 0.3 is 0 Å². The number of nitrogens with one attached hydrogen (secondary N) is 1. The van der Waals surface area contributed by atoms with Gasteiger partial charge < -0.3 is 4.98 Å². The minimum Gasteiger partial charge on any atom is -0.361 e. The fraction of sp³-hybridized carbons (Fsp3) is 0.0625. The molecule has 0 bridgehead atoms. The fourth-order valence-electron chi connectivity index (χ4n) is 2.01. The molecule has 0 aliphatic heterocycles. The van der Waals surface area contributed by atoms with Crippen molar-refractivity contribution in [3.05, 3.63) is 63.4 Å². The van der Waals surface area contributed by atoms with Gasteiger partial charge in [-0.2, -0.15) is 0 Å². The summed E-state index contributed by atoms with van der Waals surface area (Å²) in [6.45, 7) is 2.11. The molecule has 0 saturated carbocycles. The first kappa shape index (κ1) is 12.4. The number of nitrogens with zero attached hydrogens (tertiary/aromatic N) is 1. The summed E-state index contributed by atoms with van der Waals surface area (Å²) in [6.07, 6.45) is 3.91. The van der Waals surface area contributed by atoms with Crippen molar-refractivity contribution in [2.24, 2.45) is 4.99 Å². The number of hydrogen-bond acceptors (Lipinski definition) is 1. The van der Waals surface area contributed by atoms with Gasteiger partial charge in [-0.1, -0.05) is 24.3 Å². The Morgan fingerprint density at radius 1 is 1.16 bits per heavy atom. The lowest BCUT2D eigenvalue weighted by atomic mass is 10.2. The van der Waals surface area contributed by atoms with Gasteiger partial charge in [0.05, 0.1) is 5.69 Å². The molecule has 0 saturated heterocycles. The number of aromatic amines is 1. The van der Waals surface area contributed by atoms with E-state index >= 15 is 0 Å². The number of aliphatic imine (C=N–C) groups is 1. The van der Waals surface area contributed by atoms with Crippen LogP contribution in [0, 0.1) is 10.5 Å². The van der Waals surface area contributed by atoms with Gasteiger partial charge in [0.1, 0.15) is 0 Å². The van der Waals surface area contributed by atoms with Crippen LogP contribution in [0.15, 0.2) is 53.7 Å². The van der Waals surface area contributed by atoms with Crippen LogP contribution < -0.4 is 0 Å². The van der Waals surface area contributed by atoms with Crippen LogP contribution in [0.3, 0.4) is 0 Å². The third-order valence-electron chi connectivity index (χ3n) is 3.13. The second-order valence-electron chi connectivity index (χ2n) is 4.48. The quantitative estimate of drug-likeness (QED) is 0.501. The maximum Gasteiger partial charge on any atom is 0.0640 e. The molecule has 1 heterocycles. The third-order valence-corrected chi connectivity index (χ3v) is 4.29. The number of para-hydroxylation sites is 1. The SMILES string of the molecule is Cc1ccc(N=Cc2c[nH]c3ccccc23)cc1I. The smallest absolute Gasteiger partial charge is 0.0640 e. The second-order valence-corrected chi connectivity index (χ2v) is 5.64. The number of benzene rings is 2. The molecular weight excluding hydrogens is 347 g/mol. The van der Waals surface area contributed by atoms with E-state index in [4.69, 9.17) is 0 Å². The summed E-state index contributed by atoms with van der Waals surface area (Å²) in [4.78, 5) is 7.80. The van der Waals surface area contributed by atoms with Crippen molar-refractivity contribution in [3.8, 4) is 0 Å². The Hall–Kier alpha value is -1.62. The normalized spacial score (nSPS) is 11.5. The summed E-state index contributed by atoms with van der Waals surface area (Å²) < 4.78 is 1.24. The molecule has 2 aromatic carbocycles. The lowest BCUT2D eigenvalue weighted by molar-refractivity contribution is 1.40. The Kier molecular flexibility index (Phi) is 3.38. The van der Waals surface area contributed by atoms with Gasteiger partial charge in [0.25, 0.3) is 0 Å². The van der Waals surface area contributed by atoms with Crippen LogP contribution >= 0.6 is 22.6 Å². The molecule has 94 valence electrons. The molecule has 0 unspecified atom stereocenters. The highest BCUT2D eigenvalue weighted by atomic mass is 127. The van der Waals surface area contributed by atoms with Crippen LogP contribution in [-0.4, -0.2) is 11.2 Å². The van der Waals surface area contributed by atoms with E-state index in [-0.39, 0.29) is 0 Å². The second kappa shape index (κ2) is 5.17. The largest absolute Gasteiger partial charge is 0.361 e. The van der Waals surface area contributed by atoms with E-state index in [1.165, 1.54) is 14.5 Å². The predicted molar refractivity (Wildman–Crippen MR) is 89.4 cm³/mol. The lowest BCUT2D eigenvalue weighted by Crippen LogP contribution is -1.80. The maximum atomic E-state index is 4.55. The van der Waals surface area contributed by atoms with Crippen LogP contribution in [0.1, 0.15) is 11.1 Å². The molecule has 3 heteroatoms. The third kappa shape index (κ3) is 2.56. The molecular formula is C16H13IN2. The van der Waals surface area contributed by atoms with Crippen molar-refractivity contribution >= 4 is 45.4 Å². The monoisotopic (exact) mass is 360 g/mol. The summed E-state index contributed by atoms with van der Waals surface area (Å²) in [5, 5.41) is 1.20. The maximum absolute atomic E-state index is 4.55. The number of aromatic nitrogens is 1. The number of fused-ring (bicyclic) bond motifs is 1. The van der Waals surface area contributed by atoms with E-state index in [0.717, 1.165) is 16.8 Å². The predicted octanol–water partition coefficient (Wildman–Crippen LogP) is 4.83. The van der Waals surface area contributed by atoms with Crippen molar-refractivity contribution in [1.29, 1.82) is 0 Å². The van der Waals surface area contributed by atoms with Crippen molar-refractivity contribution in [2.75, 3.05) is 0 Å². The highest BCUT2D eigenvalue weighted by Crippen LogP contribution is 2.21. The molecule has 0 aliphatic rings. The average molecular weight is 360 g/mol. The molecule has 0 fully saturated rings. The topological polar surface area (TPSA) is 28.1 Å². The summed E-state index contributed by atoms with van der Waals surface area (Å²) in [5.41, 5.74) is 4.53. The number of hydrogen-bond donors (Lipinski definition) is 1. The number of halogens is 1. The van der Waals surface area contributed by atoms with Gasteiger partial charge in [0, 0.05) is 32.4 Å². The highest BCUT2D eigenvalue weighted by Gasteiger charge is 2.00. The molecule has 2 nitrogen and oxygen atoms in total. The average Bonchev–Trinajstić information content (AvgIpc) is 2.83. The van der Waals surface area contributed by atoms with Crippen LogP contribution in [0.25, 0.3) is 10.9 Å². The summed E-state index contributed by atoms with van der Waals surface area (Å²) in [5.74, 6) is 0. The van der Waals surface area contributed by atoms with E-state index in [9.17, 15) is 0 Å². The van der Waals surface area contributed by atoms with Crippen LogP contribution in [0.2, 0.25) is 0 Å². The van der Waals surface area contributed by atoms with E-state index in [1.54, 1.807) is 0 Å². The Morgan fingerprint density at radius 3 is 2.84 bits per heavy atom. The standard InChI is InChI=1S/C16H13IN2/c1-11-6-7-13(8-15(11)17)18-9-12-10-19-16-5-3-2-4-14(12)16/h2-10,19H,1H3. The first-order chi connectivity index (χ1) is 9.24. The molecule has 0 atom stereocenters. The molecule has 19 heavy (non-hydrogen) atoms. The van der Waals surface area contributed by atoms with E-state index in [2.05, 4.69) is 63.8 Å². The van der Waals surface area contributed by atoms with Crippen molar-refractivity contribution in [2.45, 2.75) is 6.92 Å². The van der Waals surface area contributed by atoms with E-state index < -0.39 is 0 Å². The zero-order chi connectivity index (χ0) is 13.2. The Bertz CT molecular complexity index is 756. The molecule has 1 aromatic heterocycles. The minimum absolute atomic E-state index is 0.986. The molecule has 0 amide bonds. The fourth-order valence-corrected chi connectivity index (χ4v) is 2.51. The minimum atomic E-state index is 0.986. The van der Waals surface area contributed by atoms with E-state index in [0.29, 0.717) is 0 Å². The lowest BCUT2D eigenvalue weighted by Gasteiger charge is -1.98. The number of aryl methyl sites for hydroxylation is 1. The van der Waals surface area contributed by atoms with Crippen LogP contribution in [0.4, 0.5) is 5.69 Å². The molecule has 0 spiro atoms. The zero-order valence-corrected chi connectivity index (χ0v) is 12.7.